The maximum atomic E-state index is 5.77. The fraction of sp³-hybridized carbons (Fsp3) is 0.118. The van der Waals surface area contributed by atoms with Gasteiger partial charge in [0.1, 0.15) is 12.4 Å². The van der Waals surface area contributed by atoms with E-state index >= 15 is 0 Å². The van der Waals surface area contributed by atoms with Crippen molar-refractivity contribution in [3.05, 3.63) is 75.5 Å². The Morgan fingerprint density at radius 1 is 1.00 bits per heavy atom. The zero-order valence-corrected chi connectivity index (χ0v) is 15.0. The van der Waals surface area contributed by atoms with Gasteiger partial charge in [0, 0.05) is 10.9 Å². The smallest absolute Gasteiger partial charge is 0.234 e. The Morgan fingerprint density at radius 3 is 2.58 bits per heavy atom. The number of ether oxygens (including phenoxy) is 1. The zero-order chi connectivity index (χ0) is 16.4. The van der Waals surface area contributed by atoms with Gasteiger partial charge < -0.3 is 4.74 Å². The van der Waals surface area contributed by atoms with Gasteiger partial charge in [-0.2, -0.15) is 9.61 Å². The zero-order valence-electron chi connectivity index (χ0n) is 12.6. The van der Waals surface area contributed by atoms with Crippen LogP contribution in [0.1, 0.15) is 16.4 Å². The number of rotatable bonds is 5. The van der Waals surface area contributed by atoms with Crippen LogP contribution in [-0.4, -0.2) is 19.8 Å². The first-order valence-electron chi connectivity index (χ1n) is 7.40. The summed E-state index contributed by atoms with van der Waals surface area (Å²) in [7, 11) is 0. The second-order valence-corrected chi connectivity index (χ2v) is 7.17. The van der Waals surface area contributed by atoms with Crippen molar-refractivity contribution in [2.45, 2.75) is 13.0 Å². The van der Waals surface area contributed by atoms with Gasteiger partial charge in [0.25, 0.3) is 0 Å². The molecule has 7 heteroatoms. The topological polar surface area (TPSA) is 52.3 Å². The fourth-order valence-corrected chi connectivity index (χ4v) is 3.35. The summed E-state index contributed by atoms with van der Waals surface area (Å²) in [5, 5.41) is 13.9. The molecule has 5 nitrogen and oxygen atoms in total. The van der Waals surface area contributed by atoms with Gasteiger partial charge in [0.15, 0.2) is 10.8 Å². The maximum absolute atomic E-state index is 5.77. The first-order chi connectivity index (χ1) is 11.8. The molecule has 0 aliphatic heterocycles. The predicted molar refractivity (Wildman–Crippen MR) is 96.4 cm³/mol. The van der Waals surface area contributed by atoms with Crippen LogP contribution in [0.3, 0.4) is 0 Å². The summed E-state index contributed by atoms with van der Waals surface area (Å²) >= 11 is 4.91. The number of benzene rings is 2. The molecule has 120 valence electrons. The first kappa shape index (κ1) is 15.3. The van der Waals surface area contributed by atoms with Gasteiger partial charge in [0.2, 0.25) is 4.96 Å². The Labute approximate surface area is 151 Å². The average Bonchev–Trinajstić information content (AvgIpc) is 3.17. The molecule has 0 unspecified atom stereocenters. The Morgan fingerprint density at radius 2 is 1.79 bits per heavy atom. The lowest BCUT2D eigenvalue weighted by atomic mass is 10.1. The van der Waals surface area contributed by atoms with Crippen LogP contribution in [0.15, 0.2) is 59.1 Å². The number of aromatic nitrogens is 4. The Balaban J connectivity index is 1.50. The van der Waals surface area contributed by atoms with Gasteiger partial charge >= 0.3 is 0 Å². The molecule has 2 heterocycles. The Hall–Kier alpha value is -2.25. The van der Waals surface area contributed by atoms with Crippen LogP contribution in [0.25, 0.3) is 4.96 Å². The van der Waals surface area contributed by atoms with Crippen molar-refractivity contribution in [3.63, 3.8) is 0 Å². The molecule has 0 saturated carbocycles. The van der Waals surface area contributed by atoms with E-state index in [4.69, 9.17) is 4.74 Å². The monoisotopic (exact) mass is 400 g/mol. The second kappa shape index (κ2) is 6.70. The number of hydrogen-bond acceptors (Lipinski definition) is 5. The van der Waals surface area contributed by atoms with E-state index in [-0.39, 0.29) is 0 Å². The fourth-order valence-electron chi connectivity index (χ4n) is 2.32. The van der Waals surface area contributed by atoms with E-state index in [1.165, 1.54) is 16.9 Å². The van der Waals surface area contributed by atoms with Crippen molar-refractivity contribution < 1.29 is 4.74 Å². The summed E-state index contributed by atoms with van der Waals surface area (Å²) in [6, 6.07) is 17.9. The Bertz CT molecular complexity index is 950. The number of fused-ring (bicyclic) bond motifs is 1. The molecule has 24 heavy (non-hydrogen) atoms. The number of halogens is 1. The summed E-state index contributed by atoms with van der Waals surface area (Å²) in [5.74, 6) is 1.65. The first-order valence-corrected chi connectivity index (χ1v) is 9.01. The molecule has 4 rings (SSSR count). The van der Waals surface area contributed by atoms with Crippen LogP contribution in [0.4, 0.5) is 0 Å². The largest absolute Gasteiger partial charge is 0.486 e. The molecular formula is C17H13BrN4OS. The van der Waals surface area contributed by atoms with E-state index in [1.807, 2.05) is 42.5 Å². The molecule has 0 amide bonds. The van der Waals surface area contributed by atoms with Crippen molar-refractivity contribution in [2.75, 3.05) is 0 Å². The van der Waals surface area contributed by atoms with Crippen LogP contribution in [-0.2, 0) is 13.0 Å². The van der Waals surface area contributed by atoms with Gasteiger partial charge in [-0.25, -0.2) is 0 Å². The normalized spacial score (nSPS) is 11.0. The molecule has 0 N–H and O–H groups in total. The molecule has 2 aromatic heterocycles. The van der Waals surface area contributed by atoms with Gasteiger partial charge in [-0.1, -0.05) is 57.6 Å². The van der Waals surface area contributed by atoms with Gasteiger partial charge in [-0.05, 0) is 29.8 Å². The molecule has 0 aliphatic carbocycles. The standard InChI is InChI=1S/C17H13BrN4OS/c18-13-6-8-14(9-7-13)23-11-16-21-22-15(19-20-17(22)24-16)10-12-4-2-1-3-5-12/h1-9H,10-11H2. The third kappa shape index (κ3) is 3.32. The number of nitrogens with zero attached hydrogens (tertiary/aromatic N) is 4. The van der Waals surface area contributed by atoms with Crippen molar-refractivity contribution in [1.82, 2.24) is 19.8 Å². The molecule has 0 aliphatic rings. The molecule has 0 fully saturated rings. The average molecular weight is 401 g/mol. The number of hydrogen-bond donors (Lipinski definition) is 0. The molecule has 2 aromatic carbocycles. The summed E-state index contributed by atoms with van der Waals surface area (Å²) < 4.78 is 8.60. The van der Waals surface area contributed by atoms with Crippen molar-refractivity contribution in [3.8, 4) is 5.75 Å². The van der Waals surface area contributed by atoms with Crippen LogP contribution in [0.2, 0.25) is 0 Å². The minimum Gasteiger partial charge on any atom is -0.486 e. The van der Waals surface area contributed by atoms with Crippen molar-refractivity contribution in [2.24, 2.45) is 0 Å². The highest BCUT2D eigenvalue weighted by molar-refractivity contribution is 9.10. The maximum Gasteiger partial charge on any atom is 0.234 e. The van der Waals surface area contributed by atoms with E-state index in [0.29, 0.717) is 13.0 Å². The van der Waals surface area contributed by atoms with Gasteiger partial charge in [0.05, 0.1) is 0 Å². The highest BCUT2D eigenvalue weighted by Gasteiger charge is 2.12. The summed E-state index contributed by atoms with van der Waals surface area (Å²) in [6.45, 7) is 0.417. The summed E-state index contributed by atoms with van der Waals surface area (Å²) in [4.78, 5) is 0.787. The van der Waals surface area contributed by atoms with Crippen LogP contribution >= 0.6 is 27.3 Å². The molecule has 0 atom stereocenters. The third-order valence-corrected chi connectivity index (χ3v) is 4.88. The molecule has 0 saturated heterocycles. The minimum absolute atomic E-state index is 0.417. The van der Waals surface area contributed by atoms with Crippen LogP contribution in [0, 0.1) is 0 Å². The van der Waals surface area contributed by atoms with E-state index in [0.717, 1.165) is 26.0 Å². The lowest BCUT2D eigenvalue weighted by molar-refractivity contribution is 0.304. The lowest BCUT2D eigenvalue weighted by Crippen LogP contribution is -2.00. The van der Waals surface area contributed by atoms with Crippen molar-refractivity contribution in [1.29, 1.82) is 0 Å². The summed E-state index contributed by atoms with van der Waals surface area (Å²) in [6.07, 6.45) is 0.707. The van der Waals surface area contributed by atoms with Crippen LogP contribution < -0.4 is 4.74 Å². The second-order valence-electron chi connectivity index (χ2n) is 5.21. The van der Waals surface area contributed by atoms with Crippen molar-refractivity contribution >= 4 is 32.2 Å². The van der Waals surface area contributed by atoms with Gasteiger partial charge in [-0.15, -0.1) is 10.2 Å². The van der Waals surface area contributed by atoms with E-state index in [9.17, 15) is 0 Å². The third-order valence-electron chi connectivity index (χ3n) is 3.48. The highest BCUT2D eigenvalue weighted by atomic mass is 79.9. The molecule has 0 spiro atoms. The molecule has 0 bridgehead atoms. The van der Waals surface area contributed by atoms with E-state index in [2.05, 4.69) is 43.4 Å². The SMILES string of the molecule is Brc1ccc(OCc2nn3c(Cc4ccccc4)nnc3s2)cc1. The highest BCUT2D eigenvalue weighted by Crippen LogP contribution is 2.20. The summed E-state index contributed by atoms with van der Waals surface area (Å²) in [5.41, 5.74) is 1.19. The molecular weight excluding hydrogens is 388 g/mol. The Kier molecular flexibility index (Phi) is 4.27. The minimum atomic E-state index is 0.417. The van der Waals surface area contributed by atoms with E-state index in [1.54, 1.807) is 4.52 Å². The molecule has 0 radical (unpaired) electrons. The van der Waals surface area contributed by atoms with Gasteiger partial charge in [-0.3, -0.25) is 0 Å². The lowest BCUT2D eigenvalue weighted by Gasteiger charge is -2.03. The van der Waals surface area contributed by atoms with Crippen LogP contribution in [0.5, 0.6) is 5.75 Å². The predicted octanol–water partition coefficient (Wildman–Crippen LogP) is 4.12. The molecule has 4 aromatic rings. The van der Waals surface area contributed by atoms with E-state index < -0.39 is 0 Å². The quantitative estimate of drug-likeness (QED) is 0.505.